The van der Waals surface area contributed by atoms with Crippen molar-refractivity contribution in [2.24, 2.45) is 0 Å². The predicted octanol–water partition coefficient (Wildman–Crippen LogP) is 19.2. The molecule has 9 heteroatoms. The van der Waals surface area contributed by atoms with Gasteiger partial charge < -0.3 is 28.5 Å². The monoisotopic (exact) mass is 1060 g/mol. The molecule has 0 radical (unpaired) electrons. The number of unbranched alkanes of at least 4 members (excludes halogenated alkanes) is 39. The number of ether oxygens (including phenoxy) is 4. The molecule has 1 N–H and O–H groups in total. The Morgan fingerprint density at radius 3 is 1.07 bits per heavy atom. The molecule has 0 saturated carbocycles. The zero-order valence-corrected chi connectivity index (χ0v) is 50.2. The van der Waals surface area contributed by atoms with Crippen LogP contribution in [0.3, 0.4) is 0 Å². The van der Waals surface area contributed by atoms with Crippen molar-refractivity contribution in [3.05, 3.63) is 36.5 Å². The van der Waals surface area contributed by atoms with Gasteiger partial charge in [0, 0.05) is 12.8 Å². The number of esters is 2. The first-order valence-corrected chi connectivity index (χ1v) is 32.2. The first-order valence-electron chi connectivity index (χ1n) is 32.2. The Morgan fingerprint density at radius 2 is 0.720 bits per heavy atom. The second-order valence-electron chi connectivity index (χ2n) is 23.1. The average Bonchev–Trinajstić information content (AvgIpc) is 3.38. The van der Waals surface area contributed by atoms with E-state index in [0.29, 0.717) is 17.4 Å². The number of hydrogen-bond acceptors (Lipinski definition) is 7. The largest absolute Gasteiger partial charge is 0.477 e. The SMILES string of the molecule is CCCCCCC/C=C\C/C=C\CCCCCCCCCCCCCCCCCCCCCCCCCC(=O)OC(COC(=O)CCCCCCC/C=C\CCCCCCCC)COC(OCC[N+](C)(C)C)C(=O)O. The summed E-state index contributed by atoms with van der Waals surface area (Å²) in [6.07, 6.45) is 68.3. The molecular formula is C66H124NO8+. The molecule has 2 atom stereocenters. The Morgan fingerprint density at radius 1 is 0.400 bits per heavy atom. The Bertz CT molecular complexity index is 1320. The minimum atomic E-state index is -1.51. The van der Waals surface area contributed by atoms with Crippen LogP contribution < -0.4 is 0 Å². The predicted molar refractivity (Wildman–Crippen MR) is 318 cm³/mol. The van der Waals surface area contributed by atoms with E-state index in [1.54, 1.807) is 0 Å². The quantitative estimate of drug-likeness (QED) is 0.0211. The van der Waals surface area contributed by atoms with E-state index in [1.807, 2.05) is 21.1 Å². The van der Waals surface area contributed by atoms with Crippen LogP contribution in [0, 0.1) is 0 Å². The molecule has 0 saturated heterocycles. The third kappa shape index (κ3) is 59.0. The summed E-state index contributed by atoms with van der Waals surface area (Å²) in [5, 5.41) is 9.71. The number of carboxylic acids is 1. The molecule has 0 aliphatic carbocycles. The first kappa shape index (κ1) is 72.5. The average molecular weight is 1060 g/mol. The standard InChI is InChI=1S/C66H123NO8/c1-6-8-10-12-14-16-18-20-22-23-24-25-26-27-28-29-30-31-32-33-34-35-36-37-38-39-40-41-43-45-47-49-51-53-55-57-64(69)75-62(61-74-66(65(70)71)72-59-58-67(3,4)5)60-73-63(68)56-54-52-50-48-46-44-42-21-19-17-15-13-11-9-7-2/h18,20-21,23-24,42,62,66H,6-17,19,22,25-41,43-61H2,1-5H3/p+1/b20-18-,24-23-,42-21-. The highest BCUT2D eigenvalue weighted by atomic mass is 16.7. The van der Waals surface area contributed by atoms with Gasteiger partial charge in [0.2, 0.25) is 0 Å². The van der Waals surface area contributed by atoms with Crippen LogP contribution in [0.25, 0.3) is 0 Å². The van der Waals surface area contributed by atoms with Gasteiger partial charge in [-0.1, -0.05) is 262 Å². The van der Waals surface area contributed by atoms with Crippen molar-refractivity contribution in [1.82, 2.24) is 0 Å². The van der Waals surface area contributed by atoms with Gasteiger partial charge in [-0.25, -0.2) is 4.79 Å². The topological polar surface area (TPSA) is 108 Å². The van der Waals surface area contributed by atoms with Gasteiger partial charge in [-0.15, -0.1) is 0 Å². The van der Waals surface area contributed by atoms with E-state index in [-0.39, 0.29) is 32.2 Å². The number of allylic oxidation sites excluding steroid dienone is 6. The van der Waals surface area contributed by atoms with Crippen LogP contribution >= 0.6 is 0 Å². The normalized spacial score (nSPS) is 12.9. The molecule has 0 bridgehead atoms. The number of aliphatic carboxylic acids is 1. The maximum Gasteiger partial charge on any atom is 0.361 e. The molecule has 0 aromatic rings. The van der Waals surface area contributed by atoms with Crippen LogP contribution in [0.15, 0.2) is 36.5 Å². The summed E-state index contributed by atoms with van der Waals surface area (Å²) in [4.78, 5) is 37.4. The smallest absolute Gasteiger partial charge is 0.361 e. The van der Waals surface area contributed by atoms with E-state index in [2.05, 4.69) is 50.3 Å². The Labute approximate surface area is 464 Å². The van der Waals surface area contributed by atoms with Gasteiger partial charge in [0.1, 0.15) is 13.2 Å². The summed E-state index contributed by atoms with van der Waals surface area (Å²) >= 11 is 0. The Balaban J connectivity index is 4.01. The molecule has 0 aromatic carbocycles. The number of carbonyl (C=O) groups is 3. The van der Waals surface area contributed by atoms with Crippen LogP contribution in [0.5, 0.6) is 0 Å². The number of likely N-dealkylation sites (N-methyl/N-ethyl adjacent to an activating group) is 1. The number of carbonyl (C=O) groups excluding carboxylic acids is 2. The molecule has 0 fully saturated rings. The minimum absolute atomic E-state index is 0.182. The van der Waals surface area contributed by atoms with Crippen LogP contribution in [0.2, 0.25) is 0 Å². The molecule has 75 heavy (non-hydrogen) atoms. The molecule has 0 rings (SSSR count). The summed E-state index contributed by atoms with van der Waals surface area (Å²) in [5.41, 5.74) is 0. The van der Waals surface area contributed by atoms with E-state index in [1.165, 1.54) is 225 Å². The maximum absolute atomic E-state index is 12.9. The third-order valence-electron chi connectivity index (χ3n) is 14.4. The molecule has 0 aromatic heterocycles. The van der Waals surface area contributed by atoms with Crippen molar-refractivity contribution >= 4 is 17.9 Å². The van der Waals surface area contributed by atoms with Crippen LogP contribution in [-0.2, 0) is 33.3 Å². The van der Waals surface area contributed by atoms with Gasteiger partial charge >= 0.3 is 17.9 Å². The van der Waals surface area contributed by atoms with Crippen molar-refractivity contribution in [3.63, 3.8) is 0 Å². The van der Waals surface area contributed by atoms with Crippen molar-refractivity contribution in [2.75, 3.05) is 47.5 Å². The lowest BCUT2D eigenvalue weighted by atomic mass is 10.0. The fourth-order valence-corrected chi connectivity index (χ4v) is 9.39. The van der Waals surface area contributed by atoms with E-state index < -0.39 is 24.3 Å². The molecule has 0 aliphatic heterocycles. The van der Waals surface area contributed by atoms with Gasteiger partial charge in [-0.05, 0) is 70.6 Å². The number of hydrogen-bond donors (Lipinski definition) is 1. The van der Waals surface area contributed by atoms with Crippen LogP contribution in [0.4, 0.5) is 0 Å². The highest BCUT2D eigenvalue weighted by Crippen LogP contribution is 2.18. The molecule has 0 aliphatic rings. The Hall–Kier alpha value is -2.49. The van der Waals surface area contributed by atoms with Crippen molar-refractivity contribution in [3.8, 4) is 0 Å². The molecule has 9 nitrogen and oxygen atoms in total. The van der Waals surface area contributed by atoms with Crippen LogP contribution in [0.1, 0.15) is 309 Å². The van der Waals surface area contributed by atoms with Gasteiger partial charge in [0.15, 0.2) is 6.10 Å². The molecule has 2 unspecified atom stereocenters. The van der Waals surface area contributed by atoms with Crippen molar-refractivity contribution < 1.29 is 42.9 Å². The molecular weight excluding hydrogens is 935 g/mol. The number of carboxylic acid groups (broad SMARTS) is 1. The van der Waals surface area contributed by atoms with E-state index in [0.717, 1.165) is 57.8 Å². The fraction of sp³-hybridized carbons (Fsp3) is 0.864. The van der Waals surface area contributed by atoms with Crippen LogP contribution in [-0.4, -0.2) is 87.4 Å². The first-order chi connectivity index (χ1) is 36.6. The highest BCUT2D eigenvalue weighted by molar-refractivity contribution is 5.71. The fourth-order valence-electron chi connectivity index (χ4n) is 9.39. The van der Waals surface area contributed by atoms with Crippen molar-refractivity contribution in [1.29, 1.82) is 0 Å². The molecule has 0 amide bonds. The second-order valence-corrected chi connectivity index (χ2v) is 23.1. The number of rotatable bonds is 60. The van der Waals surface area contributed by atoms with Gasteiger partial charge in [-0.3, -0.25) is 9.59 Å². The summed E-state index contributed by atoms with van der Waals surface area (Å²) < 4.78 is 22.9. The third-order valence-corrected chi connectivity index (χ3v) is 14.4. The maximum atomic E-state index is 12.9. The summed E-state index contributed by atoms with van der Waals surface area (Å²) in [7, 11) is 5.98. The lowest BCUT2D eigenvalue weighted by Crippen LogP contribution is -2.40. The minimum Gasteiger partial charge on any atom is -0.477 e. The molecule has 440 valence electrons. The summed E-state index contributed by atoms with van der Waals surface area (Å²) in [6.45, 7) is 4.89. The summed E-state index contributed by atoms with van der Waals surface area (Å²) in [6, 6.07) is 0. The van der Waals surface area contributed by atoms with Crippen molar-refractivity contribution in [2.45, 2.75) is 322 Å². The highest BCUT2D eigenvalue weighted by Gasteiger charge is 2.25. The number of quaternary nitrogens is 1. The van der Waals surface area contributed by atoms with Gasteiger partial charge in [-0.2, -0.15) is 0 Å². The van der Waals surface area contributed by atoms with Gasteiger partial charge in [0.05, 0.1) is 34.4 Å². The second kappa shape index (κ2) is 57.7. The van der Waals surface area contributed by atoms with E-state index in [9.17, 15) is 19.5 Å². The molecule has 0 spiro atoms. The lowest BCUT2D eigenvalue weighted by molar-refractivity contribution is -0.870. The zero-order chi connectivity index (χ0) is 54.8. The summed E-state index contributed by atoms with van der Waals surface area (Å²) in [5.74, 6) is -2.00. The van der Waals surface area contributed by atoms with E-state index in [4.69, 9.17) is 18.9 Å². The van der Waals surface area contributed by atoms with Gasteiger partial charge in [0.25, 0.3) is 6.29 Å². The van der Waals surface area contributed by atoms with E-state index >= 15 is 0 Å². The number of nitrogens with zero attached hydrogens (tertiary/aromatic N) is 1. The Kier molecular flexibility index (Phi) is 55.8. The zero-order valence-electron chi connectivity index (χ0n) is 50.2. The lowest BCUT2D eigenvalue weighted by Gasteiger charge is -2.25. The molecule has 0 heterocycles.